The lowest BCUT2D eigenvalue weighted by Crippen LogP contribution is -2.54. The maximum Gasteiger partial charge on any atom is 0.244 e. The van der Waals surface area contributed by atoms with Gasteiger partial charge in [-0.2, -0.15) is 0 Å². The first-order valence-corrected chi connectivity index (χ1v) is 16.6. The largest absolute Gasteiger partial charge is 0.352 e. The molecule has 3 aromatic rings. The van der Waals surface area contributed by atoms with E-state index in [4.69, 9.17) is 0 Å². The Balaban J connectivity index is 1.75. The van der Waals surface area contributed by atoms with E-state index in [1.165, 1.54) is 4.31 Å². The Morgan fingerprint density at radius 1 is 0.905 bits per heavy atom. The maximum atomic E-state index is 14.4. The van der Waals surface area contributed by atoms with Gasteiger partial charge in [-0.1, -0.05) is 105 Å². The summed E-state index contributed by atoms with van der Waals surface area (Å²) in [7, 11) is -3.82. The molecular formula is C34H43N3O4S. The van der Waals surface area contributed by atoms with E-state index in [-0.39, 0.29) is 24.4 Å². The fourth-order valence-corrected chi connectivity index (χ4v) is 6.59. The van der Waals surface area contributed by atoms with Crippen molar-refractivity contribution in [2.75, 3.05) is 17.1 Å². The zero-order valence-electron chi connectivity index (χ0n) is 25.1. The van der Waals surface area contributed by atoms with Crippen molar-refractivity contribution in [2.45, 2.75) is 77.4 Å². The Kier molecular flexibility index (Phi) is 10.4. The van der Waals surface area contributed by atoms with Crippen LogP contribution in [-0.2, 0) is 32.6 Å². The summed E-state index contributed by atoms with van der Waals surface area (Å²) < 4.78 is 27.5. The van der Waals surface area contributed by atoms with E-state index >= 15 is 0 Å². The Bertz CT molecular complexity index is 1470. The van der Waals surface area contributed by atoms with Gasteiger partial charge in [-0.15, -0.1) is 0 Å². The summed E-state index contributed by atoms with van der Waals surface area (Å²) in [6.45, 7) is 5.75. The number of anilines is 1. The number of nitrogens with zero attached hydrogens (tertiary/aromatic N) is 2. The molecule has 1 aliphatic rings. The molecule has 8 heteroatoms. The number of carbonyl (C=O) groups is 2. The Morgan fingerprint density at radius 3 is 2.19 bits per heavy atom. The molecule has 4 rings (SSSR count). The highest BCUT2D eigenvalue weighted by Gasteiger charge is 2.34. The molecule has 0 saturated heterocycles. The quantitative estimate of drug-likeness (QED) is 0.299. The lowest BCUT2D eigenvalue weighted by atomic mass is 10.0. The van der Waals surface area contributed by atoms with E-state index in [0.29, 0.717) is 12.1 Å². The van der Waals surface area contributed by atoms with Gasteiger partial charge >= 0.3 is 0 Å². The van der Waals surface area contributed by atoms with Crippen molar-refractivity contribution in [1.82, 2.24) is 10.2 Å². The van der Waals surface area contributed by atoms with Crippen LogP contribution in [0.1, 0.15) is 67.7 Å². The van der Waals surface area contributed by atoms with Gasteiger partial charge in [-0.25, -0.2) is 8.42 Å². The van der Waals surface area contributed by atoms with Crippen molar-refractivity contribution < 1.29 is 18.0 Å². The molecule has 0 radical (unpaired) electrons. The first kappa shape index (κ1) is 31.3. The van der Waals surface area contributed by atoms with E-state index in [2.05, 4.69) is 5.32 Å². The predicted molar refractivity (Wildman–Crippen MR) is 169 cm³/mol. The number of benzene rings is 3. The summed E-state index contributed by atoms with van der Waals surface area (Å²) in [4.78, 5) is 29.9. The van der Waals surface area contributed by atoms with Crippen LogP contribution in [0.4, 0.5) is 5.69 Å². The minimum atomic E-state index is -3.82. The number of carbonyl (C=O) groups excluding carboxylic acids is 2. The molecule has 1 atom stereocenters. The average molecular weight is 590 g/mol. The van der Waals surface area contributed by atoms with Crippen LogP contribution in [0.25, 0.3) is 0 Å². The molecule has 0 bridgehead atoms. The van der Waals surface area contributed by atoms with Gasteiger partial charge in [-0.3, -0.25) is 13.9 Å². The lowest BCUT2D eigenvalue weighted by Gasteiger charge is -2.34. The van der Waals surface area contributed by atoms with Gasteiger partial charge in [0.05, 0.1) is 11.9 Å². The number of hydrogen-bond acceptors (Lipinski definition) is 4. The second-order valence-corrected chi connectivity index (χ2v) is 13.6. The smallest absolute Gasteiger partial charge is 0.244 e. The van der Waals surface area contributed by atoms with Crippen LogP contribution in [0.15, 0.2) is 78.9 Å². The van der Waals surface area contributed by atoms with Gasteiger partial charge in [0.15, 0.2) is 0 Å². The van der Waals surface area contributed by atoms with Crippen molar-refractivity contribution in [1.29, 1.82) is 0 Å². The molecule has 42 heavy (non-hydrogen) atoms. The van der Waals surface area contributed by atoms with Crippen molar-refractivity contribution in [3.05, 3.63) is 101 Å². The highest BCUT2D eigenvalue weighted by Crippen LogP contribution is 2.29. The maximum absolute atomic E-state index is 14.4. The second-order valence-electron chi connectivity index (χ2n) is 11.7. The summed E-state index contributed by atoms with van der Waals surface area (Å²) in [6, 6.07) is 24.0. The standard InChI is InChI=1S/C34H43N3O4S/c1-25(2)30-19-10-11-20-31(30)37(42(4,40)41)24-33(38)36(23-28-16-12-13-26(3)21-28)32(22-27-14-6-5-7-15-27)34(39)35-29-17-8-9-18-29/h5-7,10-16,19-21,25,29,32H,8-9,17-18,22-24H2,1-4H3,(H,35,39)/t32-/m0/s1. The molecule has 0 aromatic heterocycles. The van der Waals surface area contributed by atoms with Gasteiger partial charge in [0, 0.05) is 19.0 Å². The summed E-state index contributed by atoms with van der Waals surface area (Å²) in [5.74, 6) is -0.588. The Labute approximate surface area is 251 Å². The third-order valence-electron chi connectivity index (χ3n) is 7.91. The zero-order valence-corrected chi connectivity index (χ0v) is 25.9. The van der Waals surface area contributed by atoms with Gasteiger partial charge in [0.1, 0.15) is 12.6 Å². The number of sulfonamides is 1. The van der Waals surface area contributed by atoms with E-state index in [1.807, 2.05) is 87.5 Å². The van der Waals surface area contributed by atoms with E-state index < -0.39 is 28.5 Å². The van der Waals surface area contributed by atoms with Crippen LogP contribution in [0.5, 0.6) is 0 Å². The van der Waals surface area contributed by atoms with Gasteiger partial charge < -0.3 is 10.2 Å². The molecule has 2 amide bonds. The van der Waals surface area contributed by atoms with E-state index in [0.717, 1.165) is 54.2 Å². The van der Waals surface area contributed by atoms with Crippen molar-refractivity contribution in [3.63, 3.8) is 0 Å². The molecule has 0 aliphatic heterocycles. The van der Waals surface area contributed by atoms with Crippen LogP contribution in [0.2, 0.25) is 0 Å². The summed E-state index contributed by atoms with van der Waals surface area (Å²) in [5.41, 5.74) is 4.16. The molecule has 0 unspecified atom stereocenters. The molecule has 0 heterocycles. The second kappa shape index (κ2) is 14.0. The minimum absolute atomic E-state index is 0.0481. The number of amides is 2. The molecule has 1 fully saturated rings. The van der Waals surface area contributed by atoms with Crippen LogP contribution < -0.4 is 9.62 Å². The monoisotopic (exact) mass is 589 g/mol. The van der Waals surface area contributed by atoms with Crippen LogP contribution >= 0.6 is 0 Å². The number of rotatable bonds is 12. The fraction of sp³-hybridized carbons (Fsp3) is 0.412. The summed E-state index contributed by atoms with van der Waals surface area (Å²) >= 11 is 0. The SMILES string of the molecule is Cc1cccc(CN(C(=O)CN(c2ccccc2C(C)C)S(C)(=O)=O)[C@@H](Cc2ccccc2)C(=O)NC2CCCC2)c1. The van der Waals surface area contributed by atoms with Gasteiger partial charge in [0.2, 0.25) is 21.8 Å². The Hall–Kier alpha value is -3.65. The number of hydrogen-bond donors (Lipinski definition) is 1. The molecular weight excluding hydrogens is 546 g/mol. The molecule has 224 valence electrons. The fourth-order valence-electron chi connectivity index (χ4n) is 5.73. The molecule has 3 aromatic carbocycles. The van der Waals surface area contributed by atoms with Crippen LogP contribution in [0.3, 0.4) is 0 Å². The number of aryl methyl sites for hydroxylation is 1. The number of para-hydroxylation sites is 1. The Morgan fingerprint density at radius 2 is 1.55 bits per heavy atom. The van der Waals surface area contributed by atoms with E-state index in [9.17, 15) is 18.0 Å². The zero-order chi connectivity index (χ0) is 30.3. The molecule has 0 spiro atoms. The molecule has 7 nitrogen and oxygen atoms in total. The van der Waals surface area contributed by atoms with Gasteiger partial charge in [-0.05, 0) is 48.4 Å². The highest BCUT2D eigenvalue weighted by atomic mass is 32.2. The van der Waals surface area contributed by atoms with Gasteiger partial charge in [0.25, 0.3) is 0 Å². The molecule has 1 aliphatic carbocycles. The molecule has 1 saturated carbocycles. The first-order valence-electron chi connectivity index (χ1n) is 14.8. The average Bonchev–Trinajstić information content (AvgIpc) is 3.46. The predicted octanol–water partition coefficient (Wildman–Crippen LogP) is 5.58. The number of nitrogens with one attached hydrogen (secondary N) is 1. The van der Waals surface area contributed by atoms with Crippen molar-refractivity contribution in [2.24, 2.45) is 0 Å². The molecule has 1 N–H and O–H groups in total. The van der Waals surface area contributed by atoms with E-state index in [1.54, 1.807) is 17.0 Å². The topological polar surface area (TPSA) is 86.8 Å². The lowest BCUT2D eigenvalue weighted by molar-refractivity contribution is -0.140. The third-order valence-corrected chi connectivity index (χ3v) is 9.04. The normalized spacial score (nSPS) is 14.5. The van der Waals surface area contributed by atoms with Crippen molar-refractivity contribution in [3.8, 4) is 0 Å². The summed E-state index contributed by atoms with van der Waals surface area (Å²) in [6.07, 6.45) is 5.42. The van der Waals surface area contributed by atoms with Crippen molar-refractivity contribution >= 4 is 27.5 Å². The van der Waals surface area contributed by atoms with Crippen LogP contribution in [0, 0.1) is 6.92 Å². The highest BCUT2D eigenvalue weighted by molar-refractivity contribution is 7.92. The minimum Gasteiger partial charge on any atom is -0.352 e. The third kappa shape index (κ3) is 8.22. The summed E-state index contributed by atoms with van der Waals surface area (Å²) in [5, 5.41) is 3.21. The van der Waals surface area contributed by atoms with Crippen LogP contribution in [-0.4, -0.2) is 50.0 Å². The first-order chi connectivity index (χ1) is 20.0.